The molecule has 2 aromatic carbocycles. The number of rotatable bonds is 8. The maximum atomic E-state index is 12.5. The molecular weight excluding hydrogens is 475 g/mol. The molecule has 35 heavy (non-hydrogen) atoms. The van der Waals surface area contributed by atoms with Gasteiger partial charge in [0.2, 0.25) is 0 Å². The molecule has 0 fully saturated rings. The van der Waals surface area contributed by atoms with Crippen molar-refractivity contribution in [3.63, 3.8) is 0 Å². The van der Waals surface area contributed by atoms with Crippen LogP contribution in [0.2, 0.25) is 0 Å². The van der Waals surface area contributed by atoms with Crippen LogP contribution in [-0.2, 0) is 16.7 Å². The Morgan fingerprint density at radius 2 is 2.00 bits per heavy atom. The van der Waals surface area contributed by atoms with Crippen LogP contribution >= 0.6 is 0 Å². The highest BCUT2D eigenvalue weighted by molar-refractivity contribution is 7.85. The summed E-state index contributed by atoms with van der Waals surface area (Å²) in [7, 11) is -4.02. The van der Waals surface area contributed by atoms with Crippen molar-refractivity contribution in [2.24, 2.45) is 5.73 Å². The predicted molar refractivity (Wildman–Crippen MR) is 130 cm³/mol. The monoisotopic (exact) mass is 500 g/mol. The average molecular weight is 501 g/mol. The lowest BCUT2D eigenvalue weighted by atomic mass is 10.2. The number of nitrogens with two attached hydrogens (primary N) is 1. The molecule has 2 heterocycles. The van der Waals surface area contributed by atoms with Gasteiger partial charge in [-0.1, -0.05) is 23.8 Å². The Balaban J connectivity index is 0.000000261. The summed E-state index contributed by atoms with van der Waals surface area (Å²) >= 11 is 0. The van der Waals surface area contributed by atoms with E-state index in [0.29, 0.717) is 41.3 Å². The van der Waals surface area contributed by atoms with E-state index in [2.05, 4.69) is 15.3 Å². The Kier molecular flexibility index (Phi) is 8.90. The normalized spacial score (nSPS) is 11.6. The molecule has 4 rings (SSSR count). The molecule has 0 atom stereocenters. The highest BCUT2D eigenvalue weighted by atomic mass is 32.2. The van der Waals surface area contributed by atoms with Gasteiger partial charge in [0.1, 0.15) is 17.9 Å². The number of aryl methyl sites for hydroxylation is 1. The number of nitrogens with zero attached hydrogens (tertiary/aromatic N) is 2. The predicted octanol–water partition coefficient (Wildman–Crippen LogP) is 4.27. The number of hydrogen-bond acceptors (Lipinski definition) is 8. The zero-order chi connectivity index (χ0) is 25.3. The van der Waals surface area contributed by atoms with Crippen molar-refractivity contribution < 1.29 is 26.5 Å². The van der Waals surface area contributed by atoms with Gasteiger partial charge in [0.05, 0.1) is 11.2 Å². The average Bonchev–Trinajstić information content (AvgIpc) is 3.26. The number of anilines is 1. The summed E-state index contributed by atoms with van der Waals surface area (Å²) in [4.78, 5) is 8.34. The number of pyridine rings is 1. The van der Waals surface area contributed by atoms with E-state index >= 15 is 0 Å². The first-order valence-electron chi connectivity index (χ1n) is 10.5. The Labute approximate surface area is 202 Å². The van der Waals surface area contributed by atoms with Gasteiger partial charge in [-0.15, -0.1) is 0 Å². The molecule has 0 saturated carbocycles. The van der Waals surface area contributed by atoms with Crippen molar-refractivity contribution in [2.75, 3.05) is 18.5 Å². The van der Waals surface area contributed by atoms with E-state index in [-0.39, 0.29) is 18.0 Å². The SMILES string of the molecule is Cc1ccc(S(=O)(=O)O)cc1.NCC(=CF)COc1ccc2nc(NCc3cccnc3)oc2c1. The number of oxazole rings is 1. The van der Waals surface area contributed by atoms with Gasteiger partial charge in [-0.2, -0.15) is 13.4 Å². The van der Waals surface area contributed by atoms with Crippen LogP contribution < -0.4 is 15.8 Å². The largest absolute Gasteiger partial charge is 0.489 e. The van der Waals surface area contributed by atoms with Gasteiger partial charge in [0.15, 0.2) is 5.58 Å². The summed E-state index contributed by atoms with van der Waals surface area (Å²) in [5.74, 6) is 0.560. The molecule has 0 bridgehead atoms. The fourth-order valence-corrected chi connectivity index (χ4v) is 3.25. The first-order chi connectivity index (χ1) is 16.8. The van der Waals surface area contributed by atoms with Gasteiger partial charge in [0.25, 0.3) is 16.1 Å². The van der Waals surface area contributed by atoms with Gasteiger partial charge in [-0.05, 0) is 42.8 Å². The van der Waals surface area contributed by atoms with E-state index < -0.39 is 10.1 Å². The number of ether oxygens (including phenoxy) is 1. The van der Waals surface area contributed by atoms with Crippen molar-refractivity contribution in [3.05, 3.63) is 90.0 Å². The zero-order valence-corrected chi connectivity index (χ0v) is 19.7. The van der Waals surface area contributed by atoms with Crippen molar-refractivity contribution in [3.8, 4) is 5.75 Å². The molecule has 0 aliphatic rings. The van der Waals surface area contributed by atoms with Gasteiger partial charge in [0, 0.05) is 37.1 Å². The van der Waals surface area contributed by atoms with Gasteiger partial charge in [-0.3, -0.25) is 9.54 Å². The minimum Gasteiger partial charge on any atom is -0.489 e. The summed E-state index contributed by atoms with van der Waals surface area (Å²) in [5, 5.41) is 3.10. The lowest BCUT2D eigenvalue weighted by Gasteiger charge is -2.06. The third-order valence-corrected chi connectivity index (χ3v) is 5.55. The fraction of sp³-hybridized carbons (Fsp3) is 0.167. The molecular formula is C24H25FN4O5S. The lowest BCUT2D eigenvalue weighted by molar-refractivity contribution is 0.347. The summed E-state index contributed by atoms with van der Waals surface area (Å²) < 4.78 is 53.2. The van der Waals surface area contributed by atoms with Crippen molar-refractivity contribution in [2.45, 2.75) is 18.4 Å². The Morgan fingerprint density at radius 3 is 2.63 bits per heavy atom. The lowest BCUT2D eigenvalue weighted by Crippen LogP contribution is -2.10. The van der Waals surface area contributed by atoms with Crippen LogP contribution in [0.25, 0.3) is 11.1 Å². The topological polar surface area (TPSA) is 141 Å². The summed E-state index contributed by atoms with van der Waals surface area (Å²) in [6.45, 7) is 2.61. The molecule has 9 nitrogen and oxygen atoms in total. The fourth-order valence-electron chi connectivity index (χ4n) is 2.77. The second-order valence-electron chi connectivity index (χ2n) is 7.41. The molecule has 4 N–H and O–H groups in total. The van der Waals surface area contributed by atoms with Crippen LogP contribution in [0.4, 0.5) is 10.4 Å². The third kappa shape index (κ3) is 7.88. The van der Waals surface area contributed by atoms with Crippen molar-refractivity contribution in [1.82, 2.24) is 9.97 Å². The van der Waals surface area contributed by atoms with Gasteiger partial charge >= 0.3 is 0 Å². The molecule has 0 unspecified atom stereocenters. The molecule has 0 saturated heterocycles. The number of halogens is 1. The Hall–Kier alpha value is -3.80. The third-order valence-electron chi connectivity index (χ3n) is 4.69. The highest BCUT2D eigenvalue weighted by Crippen LogP contribution is 2.24. The standard InChI is InChI=1S/C17H17FN4O2.C7H8O3S/c18-7-13(8-19)11-23-14-3-4-15-16(6-14)24-17(22-15)21-10-12-2-1-5-20-9-12;1-6-2-4-7(5-3-6)11(8,9)10/h1-7,9H,8,10-11,19H2,(H,21,22);2-5H,1H3,(H,8,9,10). The molecule has 4 aromatic rings. The molecule has 0 spiro atoms. The molecule has 11 heteroatoms. The quantitative estimate of drug-likeness (QED) is 0.303. The number of hydrogen-bond donors (Lipinski definition) is 3. The first kappa shape index (κ1) is 25.8. The summed E-state index contributed by atoms with van der Waals surface area (Å²) in [5.41, 5.74) is 9.04. The first-order valence-corrected chi connectivity index (χ1v) is 11.9. The van der Waals surface area contributed by atoms with E-state index in [1.165, 1.54) is 12.1 Å². The van der Waals surface area contributed by atoms with Crippen LogP contribution in [-0.4, -0.2) is 36.1 Å². The number of fused-ring (bicyclic) bond motifs is 1. The molecule has 0 radical (unpaired) electrons. The maximum Gasteiger partial charge on any atom is 0.295 e. The van der Waals surface area contributed by atoms with Gasteiger partial charge in [-0.25, -0.2) is 4.39 Å². The van der Waals surface area contributed by atoms with Crippen LogP contribution in [0.1, 0.15) is 11.1 Å². The van der Waals surface area contributed by atoms with E-state index in [9.17, 15) is 12.8 Å². The molecule has 184 valence electrons. The minimum atomic E-state index is -4.02. The molecule has 0 aliphatic heterocycles. The van der Waals surface area contributed by atoms with Crippen LogP contribution in [0.5, 0.6) is 5.75 Å². The van der Waals surface area contributed by atoms with Crippen LogP contribution in [0.15, 0.2) is 88.2 Å². The number of nitrogens with one attached hydrogen (secondary N) is 1. The second-order valence-corrected chi connectivity index (χ2v) is 8.83. The van der Waals surface area contributed by atoms with E-state index in [0.717, 1.165) is 11.1 Å². The van der Waals surface area contributed by atoms with E-state index in [1.54, 1.807) is 42.7 Å². The maximum absolute atomic E-state index is 12.5. The van der Waals surface area contributed by atoms with E-state index in [4.69, 9.17) is 19.4 Å². The highest BCUT2D eigenvalue weighted by Gasteiger charge is 2.08. The zero-order valence-electron chi connectivity index (χ0n) is 18.9. The van der Waals surface area contributed by atoms with Crippen molar-refractivity contribution in [1.29, 1.82) is 0 Å². The number of aromatic nitrogens is 2. The van der Waals surface area contributed by atoms with Gasteiger partial charge < -0.3 is 20.2 Å². The molecule has 2 aromatic heterocycles. The minimum absolute atomic E-state index is 0.0666. The van der Waals surface area contributed by atoms with Crippen LogP contribution in [0, 0.1) is 6.92 Å². The Bertz CT molecular complexity index is 1370. The molecule has 0 aliphatic carbocycles. The summed E-state index contributed by atoms with van der Waals surface area (Å²) in [6, 6.07) is 15.5. The smallest absolute Gasteiger partial charge is 0.295 e. The van der Waals surface area contributed by atoms with E-state index in [1.807, 2.05) is 19.1 Å². The molecule has 0 amide bonds. The second kappa shape index (κ2) is 12.1. The van der Waals surface area contributed by atoms with Crippen LogP contribution in [0.3, 0.4) is 0 Å². The number of benzene rings is 2. The Morgan fingerprint density at radius 1 is 1.23 bits per heavy atom. The summed E-state index contributed by atoms with van der Waals surface area (Å²) in [6.07, 6.45) is 3.96. The van der Waals surface area contributed by atoms with Crippen molar-refractivity contribution >= 4 is 27.2 Å².